The average Bonchev–Trinajstić information content (AvgIpc) is 2.83. The number of carbonyl (C=O) groups excluding carboxylic acids is 1. The number of rotatable bonds is 8. The van der Waals surface area contributed by atoms with Crippen LogP contribution in [0.4, 0.5) is 5.95 Å². The number of ether oxygens (including phenoxy) is 1. The SMILES string of the molecule is C[C@@H](C#N)NC(=O)c1ccc(-c2nc(N/C(C=N)=C/NC3CCOCC3)ncc2Cl)cc1. The van der Waals surface area contributed by atoms with Crippen LogP contribution < -0.4 is 16.0 Å². The maximum atomic E-state index is 12.1. The molecule has 0 unspecified atom stereocenters. The van der Waals surface area contributed by atoms with Gasteiger partial charge in [0.25, 0.3) is 5.91 Å². The molecule has 2 aromatic rings. The molecule has 0 saturated carbocycles. The summed E-state index contributed by atoms with van der Waals surface area (Å²) in [6.45, 7) is 3.05. The van der Waals surface area contributed by atoms with Gasteiger partial charge in [-0.05, 0) is 31.9 Å². The van der Waals surface area contributed by atoms with Crippen LogP contribution in [0.2, 0.25) is 5.02 Å². The lowest BCUT2D eigenvalue weighted by molar-refractivity contribution is 0.0812. The lowest BCUT2D eigenvalue weighted by atomic mass is 10.1. The van der Waals surface area contributed by atoms with Crippen molar-refractivity contribution in [3.05, 3.63) is 52.9 Å². The second kappa shape index (κ2) is 11.2. The monoisotopic (exact) mass is 453 g/mol. The Morgan fingerprint density at radius 3 is 2.72 bits per heavy atom. The Morgan fingerprint density at radius 2 is 2.06 bits per heavy atom. The van der Waals surface area contributed by atoms with Gasteiger partial charge in [-0.2, -0.15) is 5.26 Å². The Labute approximate surface area is 191 Å². The van der Waals surface area contributed by atoms with Crippen LogP contribution in [0.25, 0.3) is 11.3 Å². The molecular weight excluding hydrogens is 430 g/mol. The molecule has 1 aliphatic rings. The maximum Gasteiger partial charge on any atom is 0.252 e. The standard InChI is InChI=1S/C22H24ClN7O2/c1-14(10-24)28-21(31)16-4-2-15(3-5-16)20-19(23)13-27-22(30-20)29-18(11-25)12-26-17-6-8-32-9-7-17/h2-5,11-14,17,25-26H,6-9H2,1H3,(H,28,31)(H,27,29,30)/b18-12+,25-11?/t14-/m0/s1. The van der Waals surface area contributed by atoms with E-state index >= 15 is 0 Å². The molecule has 1 aromatic carbocycles. The lowest BCUT2D eigenvalue weighted by Gasteiger charge is -2.22. The first-order valence-electron chi connectivity index (χ1n) is 10.1. The molecule has 0 radical (unpaired) electrons. The van der Waals surface area contributed by atoms with E-state index in [4.69, 9.17) is 27.0 Å². The van der Waals surface area contributed by atoms with Gasteiger partial charge < -0.3 is 26.1 Å². The first-order valence-corrected chi connectivity index (χ1v) is 10.5. The fourth-order valence-electron chi connectivity index (χ4n) is 3.04. The summed E-state index contributed by atoms with van der Waals surface area (Å²) in [5, 5.41) is 25.7. The minimum atomic E-state index is -0.579. The molecule has 0 aliphatic carbocycles. The molecule has 1 aromatic heterocycles. The van der Waals surface area contributed by atoms with E-state index in [1.165, 1.54) is 12.4 Å². The number of nitrogens with one attached hydrogen (secondary N) is 4. The Kier molecular flexibility index (Phi) is 8.14. The van der Waals surface area contributed by atoms with Gasteiger partial charge in [-0.3, -0.25) is 4.79 Å². The smallest absolute Gasteiger partial charge is 0.252 e. The van der Waals surface area contributed by atoms with Crippen molar-refractivity contribution in [3.8, 4) is 17.3 Å². The summed E-state index contributed by atoms with van der Waals surface area (Å²) in [6, 6.07) is 8.41. The molecule has 1 fully saturated rings. The highest BCUT2D eigenvalue weighted by Gasteiger charge is 2.14. The summed E-state index contributed by atoms with van der Waals surface area (Å²) in [6.07, 6.45) is 6.21. The van der Waals surface area contributed by atoms with E-state index in [-0.39, 0.29) is 11.9 Å². The third kappa shape index (κ3) is 6.26. The normalized spacial score (nSPS) is 15.3. The number of aromatic nitrogens is 2. The molecule has 2 heterocycles. The number of nitriles is 1. The molecular formula is C22H24ClN7O2. The largest absolute Gasteiger partial charge is 0.386 e. The minimum Gasteiger partial charge on any atom is -0.386 e. The van der Waals surface area contributed by atoms with Crippen molar-refractivity contribution in [2.24, 2.45) is 0 Å². The van der Waals surface area contributed by atoms with Crippen LogP contribution in [0.1, 0.15) is 30.1 Å². The van der Waals surface area contributed by atoms with E-state index in [0.29, 0.717) is 33.6 Å². The Bertz CT molecular complexity index is 1030. The second-order valence-electron chi connectivity index (χ2n) is 7.21. The third-order valence-electron chi connectivity index (χ3n) is 4.81. The van der Waals surface area contributed by atoms with Crippen LogP contribution in [0.15, 0.2) is 42.4 Å². The summed E-state index contributed by atoms with van der Waals surface area (Å²) in [4.78, 5) is 20.8. The average molecular weight is 454 g/mol. The zero-order valence-corrected chi connectivity index (χ0v) is 18.3. The third-order valence-corrected chi connectivity index (χ3v) is 5.09. The van der Waals surface area contributed by atoms with E-state index in [2.05, 4.69) is 25.9 Å². The molecule has 0 spiro atoms. The molecule has 9 nitrogen and oxygen atoms in total. The molecule has 1 aliphatic heterocycles. The number of nitrogens with zero attached hydrogens (tertiary/aromatic N) is 3. The zero-order valence-electron chi connectivity index (χ0n) is 17.6. The van der Waals surface area contributed by atoms with Gasteiger partial charge in [0, 0.05) is 42.8 Å². The number of hydrogen-bond acceptors (Lipinski definition) is 8. The summed E-state index contributed by atoms with van der Waals surface area (Å²) >= 11 is 6.30. The highest BCUT2D eigenvalue weighted by molar-refractivity contribution is 6.32. The van der Waals surface area contributed by atoms with Crippen molar-refractivity contribution < 1.29 is 9.53 Å². The van der Waals surface area contributed by atoms with Crippen molar-refractivity contribution >= 4 is 29.7 Å². The quantitative estimate of drug-likeness (QED) is 0.451. The van der Waals surface area contributed by atoms with Crippen LogP contribution in [0.5, 0.6) is 0 Å². The number of carbonyl (C=O) groups is 1. The second-order valence-corrected chi connectivity index (χ2v) is 7.62. The number of hydrogen-bond donors (Lipinski definition) is 4. The number of anilines is 1. The predicted octanol–water partition coefficient (Wildman–Crippen LogP) is 3.11. The van der Waals surface area contributed by atoms with Gasteiger partial charge in [-0.1, -0.05) is 23.7 Å². The summed E-state index contributed by atoms with van der Waals surface area (Å²) < 4.78 is 5.35. The number of halogens is 1. The zero-order chi connectivity index (χ0) is 22.9. The van der Waals surface area contributed by atoms with Gasteiger partial charge in [0.1, 0.15) is 6.04 Å². The highest BCUT2D eigenvalue weighted by atomic mass is 35.5. The van der Waals surface area contributed by atoms with E-state index in [1.54, 1.807) is 37.4 Å². The first kappa shape index (κ1) is 23.2. The van der Waals surface area contributed by atoms with Crippen LogP contribution in [-0.2, 0) is 4.74 Å². The number of amides is 1. The van der Waals surface area contributed by atoms with Gasteiger partial charge in [0.2, 0.25) is 5.95 Å². The fourth-order valence-corrected chi connectivity index (χ4v) is 3.24. The van der Waals surface area contributed by atoms with Gasteiger partial charge in [-0.15, -0.1) is 0 Å². The van der Waals surface area contributed by atoms with Gasteiger partial charge in [0.05, 0.1) is 28.7 Å². The minimum absolute atomic E-state index is 0.289. The highest BCUT2D eigenvalue weighted by Crippen LogP contribution is 2.26. The van der Waals surface area contributed by atoms with Crippen LogP contribution in [-0.4, -0.2) is 47.4 Å². The van der Waals surface area contributed by atoms with Crippen molar-refractivity contribution in [1.29, 1.82) is 10.7 Å². The van der Waals surface area contributed by atoms with E-state index in [0.717, 1.165) is 26.1 Å². The predicted molar refractivity (Wildman–Crippen MR) is 122 cm³/mol. The van der Waals surface area contributed by atoms with Gasteiger partial charge in [-0.25, -0.2) is 9.97 Å². The van der Waals surface area contributed by atoms with Gasteiger partial charge >= 0.3 is 0 Å². The van der Waals surface area contributed by atoms with Crippen LogP contribution in [0.3, 0.4) is 0 Å². The Balaban J connectivity index is 1.72. The Hall–Kier alpha value is -3.48. The summed E-state index contributed by atoms with van der Waals surface area (Å²) in [5.41, 5.74) is 2.12. The molecule has 32 heavy (non-hydrogen) atoms. The van der Waals surface area contributed by atoms with Crippen LogP contribution >= 0.6 is 11.6 Å². The lowest BCUT2D eigenvalue weighted by Crippen LogP contribution is -2.32. The molecule has 1 amide bonds. The molecule has 166 valence electrons. The van der Waals surface area contributed by atoms with Crippen molar-refractivity contribution in [2.45, 2.75) is 31.8 Å². The molecule has 1 atom stereocenters. The van der Waals surface area contributed by atoms with Crippen molar-refractivity contribution in [1.82, 2.24) is 20.6 Å². The molecule has 4 N–H and O–H groups in total. The molecule has 3 rings (SSSR count). The van der Waals surface area contributed by atoms with E-state index in [1.807, 2.05) is 6.07 Å². The van der Waals surface area contributed by atoms with E-state index in [9.17, 15) is 4.79 Å². The van der Waals surface area contributed by atoms with E-state index < -0.39 is 6.04 Å². The number of benzene rings is 1. The topological polar surface area (TPSA) is 136 Å². The Morgan fingerprint density at radius 1 is 1.34 bits per heavy atom. The molecule has 0 bridgehead atoms. The van der Waals surface area contributed by atoms with Gasteiger partial charge in [0.15, 0.2) is 0 Å². The summed E-state index contributed by atoms with van der Waals surface area (Å²) in [7, 11) is 0. The summed E-state index contributed by atoms with van der Waals surface area (Å²) in [5.74, 6) is -0.0443. The van der Waals surface area contributed by atoms with Crippen LogP contribution in [0, 0.1) is 16.7 Å². The fraction of sp³-hybridized carbons (Fsp3) is 0.318. The van der Waals surface area contributed by atoms with Crippen molar-refractivity contribution in [3.63, 3.8) is 0 Å². The number of allylic oxidation sites excluding steroid dienone is 1. The first-order chi connectivity index (χ1) is 15.5. The van der Waals surface area contributed by atoms with Crippen molar-refractivity contribution in [2.75, 3.05) is 18.5 Å². The maximum absolute atomic E-state index is 12.1. The molecule has 1 saturated heterocycles. The molecule has 10 heteroatoms.